The monoisotopic (exact) mass is 270 g/mol. The Kier molecular flexibility index (Phi) is 3.09. The Labute approximate surface area is 98.0 Å². The van der Waals surface area contributed by atoms with Crippen LogP contribution >= 0.6 is 15.9 Å². The predicted molar refractivity (Wildman–Crippen MR) is 64.8 cm³/mol. The SMILES string of the molecule is CCC1CCN(c2nc(N)ncc2Br)C1. The van der Waals surface area contributed by atoms with Crippen LogP contribution in [0.4, 0.5) is 11.8 Å². The minimum Gasteiger partial charge on any atom is -0.368 e. The molecule has 1 aromatic heterocycles. The Balaban J connectivity index is 2.19. The minimum atomic E-state index is 0.341. The van der Waals surface area contributed by atoms with Crippen molar-refractivity contribution < 1.29 is 0 Å². The van der Waals surface area contributed by atoms with Crippen LogP contribution in [0.1, 0.15) is 19.8 Å². The van der Waals surface area contributed by atoms with Crippen molar-refractivity contribution in [2.75, 3.05) is 23.7 Å². The first-order chi connectivity index (χ1) is 7.20. The van der Waals surface area contributed by atoms with Crippen molar-refractivity contribution in [3.8, 4) is 0 Å². The number of nitrogens with two attached hydrogens (primary N) is 1. The van der Waals surface area contributed by atoms with Gasteiger partial charge in [-0.15, -0.1) is 0 Å². The van der Waals surface area contributed by atoms with Crippen molar-refractivity contribution in [2.24, 2.45) is 5.92 Å². The van der Waals surface area contributed by atoms with E-state index in [4.69, 9.17) is 5.73 Å². The molecule has 2 rings (SSSR count). The zero-order valence-corrected chi connectivity index (χ0v) is 10.4. The van der Waals surface area contributed by atoms with E-state index < -0.39 is 0 Å². The number of halogens is 1. The van der Waals surface area contributed by atoms with E-state index in [1.165, 1.54) is 12.8 Å². The van der Waals surface area contributed by atoms with E-state index in [-0.39, 0.29) is 0 Å². The summed E-state index contributed by atoms with van der Waals surface area (Å²) in [6.07, 6.45) is 4.19. The molecule has 5 heteroatoms. The fourth-order valence-electron chi connectivity index (χ4n) is 1.95. The fraction of sp³-hybridized carbons (Fsp3) is 0.600. The van der Waals surface area contributed by atoms with Crippen molar-refractivity contribution >= 4 is 27.7 Å². The Hall–Kier alpha value is -0.840. The van der Waals surface area contributed by atoms with Gasteiger partial charge in [-0.2, -0.15) is 4.98 Å². The highest BCUT2D eigenvalue weighted by molar-refractivity contribution is 9.10. The first kappa shape index (κ1) is 10.7. The number of anilines is 2. The van der Waals surface area contributed by atoms with Crippen molar-refractivity contribution in [3.63, 3.8) is 0 Å². The van der Waals surface area contributed by atoms with Crippen LogP contribution in [0.25, 0.3) is 0 Å². The van der Waals surface area contributed by atoms with Crippen LogP contribution in [-0.2, 0) is 0 Å². The largest absolute Gasteiger partial charge is 0.368 e. The van der Waals surface area contributed by atoms with Gasteiger partial charge in [-0.25, -0.2) is 4.98 Å². The molecule has 1 saturated heterocycles. The fourth-order valence-corrected chi connectivity index (χ4v) is 2.39. The number of nitrogen functional groups attached to an aromatic ring is 1. The zero-order chi connectivity index (χ0) is 10.8. The van der Waals surface area contributed by atoms with E-state index in [2.05, 4.69) is 37.7 Å². The van der Waals surface area contributed by atoms with Crippen molar-refractivity contribution in [2.45, 2.75) is 19.8 Å². The highest BCUT2D eigenvalue weighted by Crippen LogP contribution is 2.29. The number of hydrogen-bond acceptors (Lipinski definition) is 4. The van der Waals surface area contributed by atoms with Crippen LogP contribution in [0.5, 0.6) is 0 Å². The van der Waals surface area contributed by atoms with Crippen LogP contribution in [0.15, 0.2) is 10.7 Å². The molecule has 1 aliphatic heterocycles. The van der Waals surface area contributed by atoms with E-state index >= 15 is 0 Å². The summed E-state index contributed by atoms with van der Waals surface area (Å²) in [5.74, 6) is 2.06. The lowest BCUT2D eigenvalue weighted by Crippen LogP contribution is -2.21. The number of hydrogen-bond donors (Lipinski definition) is 1. The third-order valence-corrected chi connectivity index (χ3v) is 3.47. The van der Waals surface area contributed by atoms with Gasteiger partial charge in [-0.1, -0.05) is 13.3 Å². The van der Waals surface area contributed by atoms with E-state index in [0.717, 1.165) is 29.3 Å². The second kappa shape index (κ2) is 4.35. The summed E-state index contributed by atoms with van der Waals surface area (Å²) >= 11 is 3.46. The van der Waals surface area contributed by atoms with Gasteiger partial charge in [0.1, 0.15) is 5.82 Å². The van der Waals surface area contributed by atoms with E-state index in [1.807, 2.05) is 0 Å². The van der Waals surface area contributed by atoms with Gasteiger partial charge in [0.25, 0.3) is 0 Å². The summed E-state index contributed by atoms with van der Waals surface area (Å²) in [4.78, 5) is 10.5. The van der Waals surface area contributed by atoms with E-state index in [1.54, 1.807) is 6.20 Å². The van der Waals surface area contributed by atoms with Gasteiger partial charge in [0.05, 0.1) is 4.47 Å². The molecule has 82 valence electrons. The molecule has 0 aliphatic carbocycles. The number of rotatable bonds is 2. The summed E-state index contributed by atoms with van der Waals surface area (Å²) in [6, 6.07) is 0. The molecule has 0 aromatic carbocycles. The molecule has 1 aliphatic rings. The minimum absolute atomic E-state index is 0.341. The summed E-state index contributed by atoms with van der Waals surface area (Å²) in [7, 11) is 0. The maximum Gasteiger partial charge on any atom is 0.222 e. The quantitative estimate of drug-likeness (QED) is 0.894. The van der Waals surface area contributed by atoms with Crippen LogP contribution in [0.3, 0.4) is 0 Å². The maximum atomic E-state index is 5.59. The van der Waals surface area contributed by atoms with Crippen molar-refractivity contribution in [3.05, 3.63) is 10.7 Å². The molecular weight excluding hydrogens is 256 g/mol. The molecule has 1 fully saturated rings. The van der Waals surface area contributed by atoms with Gasteiger partial charge >= 0.3 is 0 Å². The summed E-state index contributed by atoms with van der Waals surface area (Å²) in [5.41, 5.74) is 5.59. The topological polar surface area (TPSA) is 55.0 Å². The lowest BCUT2D eigenvalue weighted by Gasteiger charge is -2.18. The molecule has 15 heavy (non-hydrogen) atoms. The molecule has 0 bridgehead atoms. The Bertz CT molecular complexity index is 355. The Morgan fingerprint density at radius 1 is 1.67 bits per heavy atom. The smallest absolute Gasteiger partial charge is 0.222 e. The zero-order valence-electron chi connectivity index (χ0n) is 8.78. The maximum absolute atomic E-state index is 5.59. The summed E-state index contributed by atoms with van der Waals surface area (Å²) in [5, 5.41) is 0. The number of nitrogens with zero attached hydrogens (tertiary/aromatic N) is 3. The molecule has 2 N–H and O–H groups in total. The van der Waals surface area contributed by atoms with Crippen LogP contribution in [-0.4, -0.2) is 23.1 Å². The molecule has 1 unspecified atom stereocenters. The third-order valence-electron chi connectivity index (χ3n) is 2.91. The van der Waals surface area contributed by atoms with E-state index in [0.29, 0.717) is 5.95 Å². The molecule has 0 spiro atoms. The van der Waals surface area contributed by atoms with Crippen LogP contribution < -0.4 is 10.6 Å². The van der Waals surface area contributed by atoms with E-state index in [9.17, 15) is 0 Å². The second-order valence-corrected chi connectivity index (χ2v) is 4.76. The first-order valence-electron chi connectivity index (χ1n) is 5.23. The molecule has 1 atom stereocenters. The van der Waals surface area contributed by atoms with Gasteiger partial charge in [0.2, 0.25) is 5.95 Å². The van der Waals surface area contributed by atoms with Gasteiger partial charge in [-0.3, -0.25) is 0 Å². The molecular formula is C10H15BrN4. The van der Waals surface area contributed by atoms with Gasteiger partial charge in [0.15, 0.2) is 0 Å². The third kappa shape index (κ3) is 2.22. The molecule has 0 radical (unpaired) electrons. The average Bonchev–Trinajstić information content (AvgIpc) is 2.70. The molecule has 2 heterocycles. The first-order valence-corrected chi connectivity index (χ1v) is 6.03. The lowest BCUT2D eigenvalue weighted by atomic mass is 10.1. The van der Waals surface area contributed by atoms with Crippen LogP contribution in [0, 0.1) is 5.92 Å². The second-order valence-electron chi connectivity index (χ2n) is 3.91. The lowest BCUT2D eigenvalue weighted by molar-refractivity contribution is 0.568. The molecule has 1 aromatic rings. The van der Waals surface area contributed by atoms with Crippen LogP contribution in [0.2, 0.25) is 0 Å². The predicted octanol–water partition coefficient (Wildman–Crippen LogP) is 2.06. The summed E-state index contributed by atoms with van der Waals surface area (Å²) in [6.45, 7) is 4.37. The molecule has 0 amide bonds. The average molecular weight is 271 g/mol. The van der Waals surface area contributed by atoms with Crippen molar-refractivity contribution in [1.29, 1.82) is 0 Å². The Morgan fingerprint density at radius 2 is 2.47 bits per heavy atom. The Morgan fingerprint density at radius 3 is 3.13 bits per heavy atom. The van der Waals surface area contributed by atoms with Gasteiger partial charge in [-0.05, 0) is 28.3 Å². The molecule has 4 nitrogen and oxygen atoms in total. The standard InChI is InChI=1S/C10H15BrN4/c1-2-7-3-4-15(6-7)9-8(11)5-13-10(12)14-9/h5,7H,2-4,6H2,1H3,(H2,12,13,14). The van der Waals surface area contributed by atoms with Crippen molar-refractivity contribution in [1.82, 2.24) is 9.97 Å². The summed E-state index contributed by atoms with van der Waals surface area (Å²) < 4.78 is 0.924. The number of aromatic nitrogens is 2. The molecule has 0 saturated carbocycles. The normalized spacial score (nSPS) is 20.9. The highest BCUT2D eigenvalue weighted by atomic mass is 79.9. The van der Waals surface area contributed by atoms with Gasteiger partial charge in [0, 0.05) is 19.3 Å². The highest BCUT2D eigenvalue weighted by Gasteiger charge is 2.23. The van der Waals surface area contributed by atoms with Gasteiger partial charge < -0.3 is 10.6 Å².